The number of alkyl halides is 3. The fourth-order valence-corrected chi connectivity index (χ4v) is 5.45. The van der Waals surface area contributed by atoms with E-state index in [4.69, 9.17) is 14.2 Å². The molecule has 1 aromatic heterocycles. The van der Waals surface area contributed by atoms with Crippen LogP contribution < -0.4 is 10.2 Å². The lowest BCUT2D eigenvalue weighted by Gasteiger charge is -2.32. The van der Waals surface area contributed by atoms with Gasteiger partial charge in [-0.25, -0.2) is 4.39 Å². The van der Waals surface area contributed by atoms with Gasteiger partial charge in [0, 0.05) is 53.6 Å². The van der Waals surface area contributed by atoms with Crippen LogP contribution in [-0.4, -0.2) is 37.1 Å². The van der Waals surface area contributed by atoms with Gasteiger partial charge in [-0.3, -0.25) is 4.79 Å². The van der Waals surface area contributed by atoms with Crippen molar-refractivity contribution in [3.63, 3.8) is 0 Å². The van der Waals surface area contributed by atoms with Crippen LogP contribution in [0.5, 0.6) is 5.75 Å². The molecule has 2 aliphatic rings. The Labute approximate surface area is 199 Å². The number of rotatable bonds is 4. The highest BCUT2D eigenvalue weighted by Crippen LogP contribution is 2.59. The third-order valence-electron chi connectivity index (χ3n) is 7.54. The highest BCUT2D eigenvalue weighted by Gasteiger charge is 2.65. The van der Waals surface area contributed by atoms with E-state index in [1.807, 2.05) is 0 Å². The minimum Gasteiger partial charge on any atom is -0.493 e. The predicted molar refractivity (Wildman–Crippen MR) is 118 cm³/mol. The average Bonchev–Trinajstić information content (AvgIpc) is 3.07. The van der Waals surface area contributed by atoms with Crippen molar-refractivity contribution in [1.29, 1.82) is 0 Å². The minimum atomic E-state index is -4.76. The highest BCUT2D eigenvalue weighted by atomic mass is 19.4. The molecule has 2 fully saturated rings. The molecule has 2 aromatic rings. The Hall–Kier alpha value is -2.46. The van der Waals surface area contributed by atoms with E-state index in [1.54, 1.807) is 6.92 Å². The molecule has 0 aliphatic carbocycles. The third-order valence-corrected chi connectivity index (χ3v) is 7.54. The quantitative estimate of drug-likeness (QED) is 0.548. The van der Waals surface area contributed by atoms with Crippen molar-refractivity contribution in [2.24, 2.45) is 5.92 Å². The van der Waals surface area contributed by atoms with E-state index in [-0.39, 0.29) is 22.6 Å². The molecule has 2 aliphatic heterocycles. The molecule has 4 rings (SSSR count). The van der Waals surface area contributed by atoms with Crippen LogP contribution in [-0.2, 0) is 9.47 Å². The van der Waals surface area contributed by atoms with Crippen LogP contribution in [0.4, 0.5) is 22.0 Å². The normalized spacial score (nSPS) is 27.9. The molecule has 3 heterocycles. The zero-order valence-electron chi connectivity index (χ0n) is 19.9. The van der Waals surface area contributed by atoms with Crippen LogP contribution >= 0.6 is 0 Å². The van der Waals surface area contributed by atoms with Gasteiger partial charge in [-0.2, -0.15) is 17.6 Å². The van der Waals surface area contributed by atoms with Crippen LogP contribution in [0, 0.1) is 24.5 Å². The van der Waals surface area contributed by atoms with E-state index in [1.165, 1.54) is 19.1 Å². The Kier molecular flexibility index (Phi) is 6.74. The number of H-pyrrole nitrogens is 1. The van der Waals surface area contributed by atoms with Crippen LogP contribution in [0.15, 0.2) is 23.0 Å². The van der Waals surface area contributed by atoms with Crippen LogP contribution in [0.2, 0.25) is 0 Å². The number of benzene rings is 1. The summed E-state index contributed by atoms with van der Waals surface area (Å²) in [5.41, 5.74) is -1.64. The standard InChI is InChI=1S/C25H28F5NO4/c1-12-19(15-5-6-16(26)21(27)22(15)33-4)23(35-24(12,3)25(28,29)30)17-11-18(32)20(13(2)31-17)14-7-9-34-10-8-14/h5-6,11-12,14,19,23H,7-10H2,1-4H3,(H,31,32)/t12-,19-,23-,24+/m0/s1. The summed E-state index contributed by atoms with van der Waals surface area (Å²) < 4.78 is 87.1. The fraction of sp³-hybridized carbons (Fsp3) is 0.560. The van der Waals surface area contributed by atoms with Gasteiger partial charge in [-0.1, -0.05) is 13.0 Å². The summed E-state index contributed by atoms with van der Waals surface area (Å²) in [6, 6.07) is 3.32. The summed E-state index contributed by atoms with van der Waals surface area (Å²) in [6.45, 7) is 5.02. The molecular formula is C25H28F5NO4. The number of ether oxygens (including phenoxy) is 3. The first-order valence-electron chi connectivity index (χ1n) is 11.5. The highest BCUT2D eigenvalue weighted by molar-refractivity contribution is 5.42. The van der Waals surface area contributed by atoms with E-state index in [2.05, 4.69) is 4.98 Å². The lowest BCUT2D eigenvalue weighted by atomic mass is 9.76. The molecule has 0 unspecified atom stereocenters. The first-order chi connectivity index (χ1) is 16.4. The zero-order chi connectivity index (χ0) is 25.7. The Morgan fingerprint density at radius 1 is 1.17 bits per heavy atom. The molecule has 0 saturated carbocycles. The summed E-state index contributed by atoms with van der Waals surface area (Å²) in [5.74, 6) is -5.29. The monoisotopic (exact) mass is 501 g/mol. The van der Waals surface area contributed by atoms with E-state index in [9.17, 15) is 26.7 Å². The maximum atomic E-state index is 14.6. The van der Waals surface area contributed by atoms with Crippen molar-refractivity contribution in [3.8, 4) is 5.75 Å². The first kappa shape index (κ1) is 25.6. The lowest BCUT2D eigenvalue weighted by Crippen LogP contribution is -2.46. The molecule has 0 bridgehead atoms. The van der Waals surface area contributed by atoms with Crippen LogP contribution in [0.1, 0.15) is 67.1 Å². The molecule has 5 nitrogen and oxygen atoms in total. The predicted octanol–water partition coefficient (Wildman–Crippen LogP) is 5.68. The smallest absolute Gasteiger partial charge is 0.417 e. The number of aromatic amines is 1. The maximum absolute atomic E-state index is 14.6. The fourth-order valence-electron chi connectivity index (χ4n) is 5.45. The SMILES string of the molecule is COc1c([C@H]2[C@H](c3cc(=O)c(C4CCOCC4)c(C)[nH]3)O[C@@](C)(C(F)(F)F)[C@H]2C)ccc(F)c1F. The second kappa shape index (κ2) is 9.20. The first-order valence-corrected chi connectivity index (χ1v) is 11.5. The van der Waals surface area contributed by atoms with Gasteiger partial charge in [0.15, 0.2) is 22.6 Å². The molecule has 35 heavy (non-hydrogen) atoms. The van der Waals surface area contributed by atoms with Crippen molar-refractivity contribution in [1.82, 2.24) is 4.98 Å². The van der Waals surface area contributed by atoms with Crippen LogP contribution in [0.25, 0.3) is 0 Å². The Bertz CT molecular complexity index is 1160. The van der Waals surface area contributed by atoms with E-state index >= 15 is 0 Å². The molecule has 1 N–H and O–H groups in total. The number of methoxy groups -OCH3 is 1. The number of aromatic nitrogens is 1. The number of hydrogen-bond donors (Lipinski definition) is 1. The van der Waals surface area contributed by atoms with Gasteiger partial charge in [0.05, 0.1) is 7.11 Å². The number of halogens is 5. The van der Waals surface area contributed by atoms with Gasteiger partial charge < -0.3 is 19.2 Å². The zero-order valence-corrected chi connectivity index (χ0v) is 19.9. The summed E-state index contributed by atoms with van der Waals surface area (Å²) in [7, 11) is 1.12. The molecule has 2 saturated heterocycles. The molecule has 10 heteroatoms. The van der Waals surface area contributed by atoms with Crippen molar-refractivity contribution in [3.05, 3.63) is 62.6 Å². The van der Waals surface area contributed by atoms with Gasteiger partial charge in [0.1, 0.15) is 6.10 Å². The van der Waals surface area contributed by atoms with E-state index in [0.717, 1.165) is 20.1 Å². The van der Waals surface area contributed by atoms with Gasteiger partial charge in [0.2, 0.25) is 5.82 Å². The molecule has 0 amide bonds. The second-order valence-corrected chi connectivity index (χ2v) is 9.46. The Morgan fingerprint density at radius 2 is 1.83 bits per heavy atom. The third kappa shape index (κ3) is 4.24. The number of pyridine rings is 1. The molecule has 0 spiro atoms. The summed E-state index contributed by atoms with van der Waals surface area (Å²) >= 11 is 0. The van der Waals surface area contributed by atoms with E-state index in [0.29, 0.717) is 37.3 Å². The molecule has 1 aromatic carbocycles. The number of aryl methyl sites for hydroxylation is 1. The molecule has 192 valence electrons. The van der Waals surface area contributed by atoms with Crippen molar-refractivity contribution >= 4 is 0 Å². The minimum absolute atomic E-state index is 0.0208. The van der Waals surface area contributed by atoms with E-state index < -0.39 is 47.1 Å². The Balaban J connectivity index is 1.86. The molecule has 0 radical (unpaired) electrons. The summed E-state index contributed by atoms with van der Waals surface area (Å²) in [4.78, 5) is 16.2. The van der Waals surface area contributed by atoms with Crippen molar-refractivity contribution < 1.29 is 36.2 Å². The topological polar surface area (TPSA) is 60.5 Å². The van der Waals surface area contributed by atoms with Crippen molar-refractivity contribution in [2.45, 2.75) is 63.3 Å². The summed E-state index contributed by atoms with van der Waals surface area (Å²) in [6.07, 6.45) is -4.71. The number of hydrogen-bond acceptors (Lipinski definition) is 4. The Morgan fingerprint density at radius 3 is 2.40 bits per heavy atom. The maximum Gasteiger partial charge on any atom is 0.417 e. The molecular weight excluding hydrogens is 473 g/mol. The van der Waals surface area contributed by atoms with Gasteiger partial charge in [0.25, 0.3) is 0 Å². The van der Waals surface area contributed by atoms with Crippen molar-refractivity contribution in [2.75, 3.05) is 20.3 Å². The van der Waals surface area contributed by atoms with Gasteiger partial charge in [-0.15, -0.1) is 0 Å². The molecule has 4 atom stereocenters. The largest absolute Gasteiger partial charge is 0.493 e. The summed E-state index contributed by atoms with van der Waals surface area (Å²) in [5, 5.41) is 0. The second-order valence-electron chi connectivity index (χ2n) is 9.46. The number of nitrogens with one attached hydrogen (secondary N) is 1. The average molecular weight is 501 g/mol. The van der Waals surface area contributed by atoms with Crippen LogP contribution in [0.3, 0.4) is 0 Å². The lowest BCUT2D eigenvalue weighted by molar-refractivity contribution is -0.275. The van der Waals surface area contributed by atoms with Gasteiger partial charge in [-0.05, 0) is 38.7 Å². The van der Waals surface area contributed by atoms with Gasteiger partial charge >= 0.3 is 6.18 Å².